The lowest BCUT2D eigenvalue weighted by Crippen LogP contribution is -2.41. The smallest absolute Gasteiger partial charge is 0.338 e. The minimum absolute atomic E-state index is 0.0414. The highest BCUT2D eigenvalue weighted by molar-refractivity contribution is 5.89. The molecule has 0 unspecified atom stereocenters. The van der Waals surface area contributed by atoms with Crippen molar-refractivity contribution in [3.8, 4) is 17.6 Å². The van der Waals surface area contributed by atoms with E-state index in [0.29, 0.717) is 18.1 Å². The van der Waals surface area contributed by atoms with Crippen molar-refractivity contribution in [2.45, 2.75) is 70.8 Å². The average molecular weight is 403 g/mol. The molecule has 0 amide bonds. The lowest BCUT2D eigenvalue weighted by molar-refractivity contribution is 0.0516. The van der Waals surface area contributed by atoms with Crippen LogP contribution in [0.3, 0.4) is 0 Å². The topological polar surface area (TPSA) is 35.5 Å². The number of hydrogen-bond donors (Lipinski definition) is 0. The lowest BCUT2D eigenvalue weighted by Gasteiger charge is -2.43. The molecule has 0 atom stereocenters. The largest absolute Gasteiger partial charge is 0.487 e. The first-order valence-electron chi connectivity index (χ1n) is 10.9. The van der Waals surface area contributed by atoms with Crippen LogP contribution in [-0.4, -0.2) is 18.2 Å². The molecule has 2 aromatic carbocycles. The third-order valence-corrected chi connectivity index (χ3v) is 5.86. The number of hydrogen-bond acceptors (Lipinski definition) is 3. The molecule has 0 bridgehead atoms. The van der Waals surface area contributed by atoms with E-state index in [4.69, 9.17) is 9.47 Å². The van der Waals surface area contributed by atoms with Crippen molar-refractivity contribution in [1.82, 2.24) is 0 Å². The van der Waals surface area contributed by atoms with E-state index in [1.54, 1.807) is 19.1 Å². The molecule has 1 aliphatic carbocycles. The first kappa shape index (κ1) is 20.5. The molecule has 1 heterocycles. The fourth-order valence-corrected chi connectivity index (χ4v) is 4.56. The first-order chi connectivity index (χ1) is 14.2. The van der Waals surface area contributed by atoms with Gasteiger partial charge in [-0.05, 0) is 93.3 Å². The van der Waals surface area contributed by atoms with Crippen molar-refractivity contribution < 1.29 is 14.3 Å². The molecule has 30 heavy (non-hydrogen) atoms. The summed E-state index contributed by atoms with van der Waals surface area (Å²) >= 11 is 0. The normalized spacial score (nSPS) is 18.4. The van der Waals surface area contributed by atoms with Crippen molar-refractivity contribution in [2.75, 3.05) is 6.61 Å². The predicted molar refractivity (Wildman–Crippen MR) is 119 cm³/mol. The standard InChI is InChI=1S/C27H30O3/c1-6-29-25(28)21-11-9-18(10-12-21)7-8-19-15-22(20-13-14-20)24-23(16-19)26(2,3)17-27(4,5)30-24/h9-12,15-16,20H,6,13-14,17H2,1-5H3. The van der Waals surface area contributed by atoms with E-state index < -0.39 is 0 Å². The van der Waals surface area contributed by atoms with Crippen molar-refractivity contribution in [2.24, 2.45) is 0 Å². The summed E-state index contributed by atoms with van der Waals surface area (Å²) in [5, 5.41) is 0. The second-order valence-electron chi connectivity index (χ2n) is 9.69. The van der Waals surface area contributed by atoms with E-state index in [2.05, 4.69) is 51.7 Å². The van der Waals surface area contributed by atoms with Gasteiger partial charge in [0.2, 0.25) is 0 Å². The lowest BCUT2D eigenvalue weighted by atomic mass is 9.72. The molecule has 0 N–H and O–H groups in total. The van der Waals surface area contributed by atoms with Crippen LogP contribution in [-0.2, 0) is 10.2 Å². The van der Waals surface area contributed by atoms with Crippen LogP contribution in [0.4, 0.5) is 0 Å². The highest BCUT2D eigenvalue weighted by atomic mass is 16.5. The Kier molecular flexibility index (Phi) is 5.14. The molecule has 0 saturated heterocycles. The van der Waals surface area contributed by atoms with Gasteiger partial charge in [-0.25, -0.2) is 4.79 Å². The Hall–Kier alpha value is -2.73. The molecule has 2 aliphatic rings. The first-order valence-corrected chi connectivity index (χ1v) is 10.9. The Morgan fingerprint density at radius 1 is 1.07 bits per heavy atom. The average Bonchev–Trinajstić information content (AvgIpc) is 3.50. The quantitative estimate of drug-likeness (QED) is 0.468. The summed E-state index contributed by atoms with van der Waals surface area (Å²) in [5.41, 5.74) is 4.93. The summed E-state index contributed by atoms with van der Waals surface area (Å²) in [4.78, 5) is 11.8. The Morgan fingerprint density at radius 2 is 1.73 bits per heavy atom. The summed E-state index contributed by atoms with van der Waals surface area (Å²) in [6, 6.07) is 11.7. The molecule has 1 aliphatic heterocycles. The summed E-state index contributed by atoms with van der Waals surface area (Å²) in [6.07, 6.45) is 3.43. The third-order valence-electron chi connectivity index (χ3n) is 5.86. The molecule has 2 aromatic rings. The van der Waals surface area contributed by atoms with Gasteiger partial charge in [-0.2, -0.15) is 0 Å². The van der Waals surface area contributed by atoms with Gasteiger partial charge in [-0.1, -0.05) is 25.7 Å². The minimum Gasteiger partial charge on any atom is -0.487 e. The van der Waals surface area contributed by atoms with E-state index in [9.17, 15) is 4.79 Å². The number of rotatable bonds is 3. The fourth-order valence-electron chi connectivity index (χ4n) is 4.56. The highest BCUT2D eigenvalue weighted by Crippen LogP contribution is 2.52. The predicted octanol–water partition coefficient (Wildman–Crippen LogP) is 5.98. The van der Waals surface area contributed by atoms with E-state index in [1.807, 2.05) is 12.1 Å². The molecular formula is C27H30O3. The van der Waals surface area contributed by atoms with Gasteiger partial charge in [0.1, 0.15) is 11.4 Å². The van der Waals surface area contributed by atoms with E-state index in [-0.39, 0.29) is 17.0 Å². The van der Waals surface area contributed by atoms with Crippen LogP contribution >= 0.6 is 0 Å². The van der Waals surface area contributed by atoms with Gasteiger partial charge in [0.15, 0.2) is 0 Å². The number of carbonyl (C=O) groups is 1. The van der Waals surface area contributed by atoms with E-state index >= 15 is 0 Å². The molecule has 1 saturated carbocycles. The zero-order valence-electron chi connectivity index (χ0n) is 18.6. The summed E-state index contributed by atoms with van der Waals surface area (Å²) in [7, 11) is 0. The molecule has 0 radical (unpaired) electrons. The van der Waals surface area contributed by atoms with Crippen LogP contribution in [0.25, 0.3) is 0 Å². The zero-order valence-corrected chi connectivity index (χ0v) is 18.6. The third kappa shape index (κ3) is 4.24. The van der Waals surface area contributed by atoms with Crippen LogP contribution < -0.4 is 4.74 Å². The zero-order chi connectivity index (χ0) is 21.5. The van der Waals surface area contributed by atoms with Crippen molar-refractivity contribution >= 4 is 5.97 Å². The fraction of sp³-hybridized carbons (Fsp3) is 0.444. The molecule has 156 valence electrons. The van der Waals surface area contributed by atoms with E-state index in [1.165, 1.54) is 24.0 Å². The van der Waals surface area contributed by atoms with E-state index in [0.717, 1.165) is 23.3 Å². The molecule has 0 spiro atoms. The molecule has 3 heteroatoms. The van der Waals surface area contributed by atoms with Crippen molar-refractivity contribution in [3.05, 3.63) is 64.2 Å². The van der Waals surface area contributed by atoms with Crippen LogP contribution in [0, 0.1) is 11.8 Å². The van der Waals surface area contributed by atoms with Crippen LogP contribution in [0.2, 0.25) is 0 Å². The number of fused-ring (bicyclic) bond motifs is 1. The van der Waals surface area contributed by atoms with Crippen LogP contribution in [0.1, 0.15) is 92.4 Å². The number of carbonyl (C=O) groups excluding carboxylic acids is 1. The second kappa shape index (κ2) is 7.51. The van der Waals surface area contributed by atoms with Crippen molar-refractivity contribution in [3.63, 3.8) is 0 Å². The van der Waals surface area contributed by atoms with Gasteiger partial charge >= 0.3 is 5.97 Å². The second-order valence-corrected chi connectivity index (χ2v) is 9.69. The highest BCUT2D eigenvalue weighted by Gasteiger charge is 2.42. The van der Waals surface area contributed by atoms with Gasteiger partial charge in [-0.15, -0.1) is 0 Å². The maximum atomic E-state index is 11.8. The van der Waals surface area contributed by atoms with Gasteiger partial charge < -0.3 is 9.47 Å². The van der Waals surface area contributed by atoms with Crippen LogP contribution in [0.15, 0.2) is 36.4 Å². The van der Waals surface area contributed by atoms with Gasteiger partial charge in [0.25, 0.3) is 0 Å². The number of esters is 1. The Labute approximate surface area is 179 Å². The maximum Gasteiger partial charge on any atom is 0.338 e. The summed E-state index contributed by atoms with van der Waals surface area (Å²) in [5.74, 6) is 7.98. The minimum atomic E-state index is -0.300. The molecule has 0 aromatic heterocycles. The Morgan fingerprint density at radius 3 is 2.37 bits per heavy atom. The number of ether oxygens (including phenoxy) is 2. The summed E-state index contributed by atoms with van der Waals surface area (Å²) < 4.78 is 11.5. The molecule has 1 fully saturated rings. The Bertz CT molecular complexity index is 1030. The van der Waals surface area contributed by atoms with Gasteiger partial charge in [0, 0.05) is 16.7 Å². The van der Waals surface area contributed by atoms with Gasteiger partial charge in [0.05, 0.1) is 12.2 Å². The Balaban J connectivity index is 1.67. The SMILES string of the molecule is CCOC(=O)c1ccc(C#Cc2cc(C3CC3)c3c(c2)C(C)(C)CC(C)(C)O3)cc1. The van der Waals surface area contributed by atoms with Crippen LogP contribution in [0.5, 0.6) is 5.75 Å². The van der Waals surface area contributed by atoms with Gasteiger partial charge in [-0.3, -0.25) is 0 Å². The molecular weight excluding hydrogens is 372 g/mol. The maximum absolute atomic E-state index is 11.8. The summed E-state index contributed by atoms with van der Waals surface area (Å²) in [6.45, 7) is 11.2. The number of benzene rings is 2. The monoisotopic (exact) mass is 402 g/mol. The molecule has 4 rings (SSSR count). The molecule has 3 nitrogen and oxygen atoms in total. The van der Waals surface area contributed by atoms with Crippen molar-refractivity contribution in [1.29, 1.82) is 0 Å².